The van der Waals surface area contributed by atoms with Crippen LogP contribution in [0.2, 0.25) is 0 Å². The maximum absolute atomic E-state index is 12.6. The molecule has 0 aliphatic carbocycles. The van der Waals surface area contributed by atoms with E-state index in [1.807, 2.05) is 25.1 Å². The fraction of sp³-hybridized carbons (Fsp3) is 0.125. The first-order chi connectivity index (χ1) is 9.65. The number of aryl methyl sites for hydroxylation is 1. The van der Waals surface area contributed by atoms with Crippen LogP contribution in [0, 0.1) is 12.1 Å². The summed E-state index contributed by atoms with van der Waals surface area (Å²) in [5.74, 6) is 0.138. The topological polar surface area (TPSA) is 52.4 Å². The molecule has 0 saturated heterocycles. The molecule has 0 spiro atoms. The van der Waals surface area contributed by atoms with Crippen LogP contribution < -0.4 is 4.74 Å². The highest BCUT2D eigenvalue weighted by Gasteiger charge is 2.39. The SMILES string of the molecule is COc1cccc2c1C(=O)C(c1ccccc1C)=[N+]2[O-]. The monoisotopic (exact) mass is 267 g/mol. The van der Waals surface area contributed by atoms with Crippen LogP contribution in [-0.4, -0.2) is 23.3 Å². The Morgan fingerprint density at radius 2 is 1.85 bits per heavy atom. The zero-order valence-corrected chi connectivity index (χ0v) is 11.2. The molecule has 0 unspecified atom stereocenters. The molecule has 2 aromatic carbocycles. The van der Waals surface area contributed by atoms with Gasteiger partial charge in [-0.1, -0.05) is 24.3 Å². The summed E-state index contributed by atoms with van der Waals surface area (Å²) in [6, 6.07) is 12.4. The quantitative estimate of drug-likeness (QED) is 0.621. The second kappa shape index (κ2) is 4.49. The van der Waals surface area contributed by atoms with E-state index in [1.165, 1.54) is 7.11 Å². The van der Waals surface area contributed by atoms with E-state index in [4.69, 9.17) is 4.74 Å². The first-order valence-electron chi connectivity index (χ1n) is 6.27. The highest BCUT2D eigenvalue weighted by atomic mass is 16.5. The van der Waals surface area contributed by atoms with E-state index in [0.717, 1.165) is 5.56 Å². The Morgan fingerprint density at radius 3 is 2.55 bits per heavy atom. The minimum atomic E-state index is -0.290. The number of hydrogen-bond donors (Lipinski definition) is 0. The third-order valence-corrected chi connectivity index (χ3v) is 3.49. The predicted molar refractivity (Wildman–Crippen MR) is 75.9 cm³/mol. The van der Waals surface area contributed by atoms with Crippen molar-refractivity contribution in [3.8, 4) is 5.75 Å². The molecule has 0 aromatic heterocycles. The van der Waals surface area contributed by atoms with Gasteiger partial charge in [0.2, 0.25) is 5.69 Å². The lowest BCUT2D eigenvalue weighted by Gasteiger charge is -2.04. The molecule has 3 rings (SSSR count). The van der Waals surface area contributed by atoms with E-state index >= 15 is 0 Å². The molecule has 1 aliphatic rings. The zero-order valence-electron chi connectivity index (χ0n) is 11.2. The van der Waals surface area contributed by atoms with Gasteiger partial charge in [-0.05, 0) is 24.6 Å². The zero-order chi connectivity index (χ0) is 14.3. The van der Waals surface area contributed by atoms with Crippen molar-refractivity contribution in [3.63, 3.8) is 0 Å². The highest BCUT2D eigenvalue weighted by Crippen LogP contribution is 2.35. The number of methoxy groups -OCH3 is 1. The van der Waals surface area contributed by atoms with Crippen LogP contribution >= 0.6 is 0 Å². The van der Waals surface area contributed by atoms with Gasteiger partial charge < -0.3 is 9.94 Å². The number of rotatable bonds is 2. The summed E-state index contributed by atoms with van der Waals surface area (Å²) in [6.07, 6.45) is 0. The molecule has 0 amide bonds. The molecule has 0 N–H and O–H groups in total. The molecule has 0 bridgehead atoms. The first kappa shape index (κ1) is 12.4. The minimum absolute atomic E-state index is 0.155. The standard InChI is InChI=1S/C16H13NO3/c1-10-6-3-4-7-11(10)15-16(18)14-12(17(15)19)8-5-9-13(14)20-2/h3-9H,1-2H3. The number of hydrogen-bond acceptors (Lipinski definition) is 3. The third-order valence-electron chi connectivity index (χ3n) is 3.49. The van der Waals surface area contributed by atoms with Crippen molar-refractivity contribution in [2.75, 3.05) is 7.11 Å². The summed E-state index contributed by atoms with van der Waals surface area (Å²) < 4.78 is 5.89. The van der Waals surface area contributed by atoms with Crippen molar-refractivity contribution in [2.24, 2.45) is 0 Å². The number of Topliss-reactive ketones (excluding diaryl/α,β-unsaturated/α-hetero) is 1. The van der Waals surface area contributed by atoms with Gasteiger partial charge in [-0.15, -0.1) is 0 Å². The van der Waals surface area contributed by atoms with Crippen LogP contribution in [0.25, 0.3) is 0 Å². The van der Waals surface area contributed by atoms with Gasteiger partial charge in [0.05, 0.1) is 12.7 Å². The molecule has 0 saturated carbocycles. The lowest BCUT2D eigenvalue weighted by atomic mass is 9.99. The van der Waals surface area contributed by atoms with Crippen molar-refractivity contribution < 1.29 is 14.3 Å². The molecule has 100 valence electrons. The maximum atomic E-state index is 12.6. The van der Waals surface area contributed by atoms with Crippen molar-refractivity contribution in [2.45, 2.75) is 6.92 Å². The molecule has 0 fully saturated rings. The molecule has 4 heteroatoms. The molecule has 0 radical (unpaired) electrons. The highest BCUT2D eigenvalue weighted by molar-refractivity contribution is 6.52. The average molecular weight is 267 g/mol. The van der Waals surface area contributed by atoms with Crippen molar-refractivity contribution in [1.82, 2.24) is 0 Å². The summed E-state index contributed by atoms with van der Waals surface area (Å²) in [7, 11) is 1.49. The summed E-state index contributed by atoms with van der Waals surface area (Å²) in [6.45, 7) is 1.88. The molecule has 1 heterocycles. The van der Waals surface area contributed by atoms with Gasteiger partial charge in [0.1, 0.15) is 11.3 Å². The number of ether oxygens (including phenoxy) is 1. The van der Waals surface area contributed by atoms with E-state index < -0.39 is 0 Å². The van der Waals surface area contributed by atoms with Crippen LogP contribution in [0.1, 0.15) is 21.5 Å². The number of carbonyl (C=O) groups excluding carboxylic acids is 1. The Morgan fingerprint density at radius 1 is 1.10 bits per heavy atom. The second-order valence-electron chi connectivity index (χ2n) is 4.64. The van der Waals surface area contributed by atoms with Crippen molar-refractivity contribution in [1.29, 1.82) is 0 Å². The largest absolute Gasteiger partial charge is 0.618 e. The lowest BCUT2D eigenvalue weighted by Crippen LogP contribution is -2.18. The van der Waals surface area contributed by atoms with E-state index in [0.29, 0.717) is 27.3 Å². The van der Waals surface area contributed by atoms with Gasteiger partial charge in [-0.2, -0.15) is 4.74 Å². The Hall–Kier alpha value is -2.62. The van der Waals surface area contributed by atoms with Crippen LogP contribution in [0.4, 0.5) is 5.69 Å². The first-order valence-corrected chi connectivity index (χ1v) is 6.27. The maximum Gasteiger partial charge on any atom is 0.273 e. The molecule has 1 aliphatic heterocycles. The summed E-state index contributed by atoms with van der Waals surface area (Å²) in [5, 5.41) is 12.4. The lowest BCUT2D eigenvalue weighted by molar-refractivity contribution is -0.355. The van der Waals surface area contributed by atoms with E-state index in [1.54, 1.807) is 24.3 Å². The van der Waals surface area contributed by atoms with Gasteiger partial charge in [-0.25, -0.2) is 0 Å². The second-order valence-corrected chi connectivity index (χ2v) is 4.64. The Bertz CT molecular complexity index is 747. The van der Waals surface area contributed by atoms with Crippen molar-refractivity contribution >= 4 is 17.2 Å². The molecule has 2 aromatic rings. The number of benzene rings is 2. The number of ketones is 1. The van der Waals surface area contributed by atoms with Gasteiger partial charge >= 0.3 is 0 Å². The van der Waals surface area contributed by atoms with Crippen LogP contribution in [0.15, 0.2) is 42.5 Å². The van der Waals surface area contributed by atoms with Crippen molar-refractivity contribution in [3.05, 3.63) is 64.4 Å². The van der Waals surface area contributed by atoms with E-state index in [2.05, 4.69) is 0 Å². The Labute approximate surface area is 116 Å². The van der Waals surface area contributed by atoms with Crippen LogP contribution in [0.3, 0.4) is 0 Å². The molecule has 4 nitrogen and oxygen atoms in total. The normalized spacial score (nSPS) is 13.6. The third kappa shape index (κ3) is 1.61. The number of nitrogens with zero attached hydrogens (tertiary/aromatic N) is 1. The predicted octanol–water partition coefficient (Wildman–Crippen LogP) is 2.83. The van der Waals surface area contributed by atoms with Gasteiger partial charge in [0.25, 0.3) is 11.5 Å². The molecular weight excluding hydrogens is 254 g/mol. The van der Waals surface area contributed by atoms with Crippen LogP contribution in [0.5, 0.6) is 5.75 Å². The van der Waals surface area contributed by atoms with Gasteiger partial charge in [0, 0.05) is 6.07 Å². The molecule has 0 atom stereocenters. The fourth-order valence-electron chi connectivity index (χ4n) is 2.49. The van der Waals surface area contributed by atoms with Gasteiger partial charge in [0.15, 0.2) is 0 Å². The summed E-state index contributed by atoms with van der Waals surface area (Å²) in [5.41, 5.74) is 2.38. The minimum Gasteiger partial charge on any atom is -0.618 e. The Balaban J connectivity index is 2.24. The van der Waals surface area contributed by atoms with Crippen LogP contribution in [-0.2, 0) is 0 Å². The Kier molecular flexibility index (Phi) is 2.79. The smallest absolute Gasteiger partial charge is 0.273 e. The van der Waals surface area contributed by atoms with E-state index in [9.17, 15) is 10.0 Å². The van der Waals surface area contributed by atoms with E-state index in [-0.39, 0.29) is 11.5 Å². The molecule has 20 heavy (non-hydrogen) atoms. The summed E-state index contributed by atoms with van der Waals surface area (Å²) in [4.78, 5) is 12.6. The van der Waals surface area contributed by atoms with Gasteiger partial charge in [-0.3, -0.25) is 4.79 Å². The summed E-state index contributed by atoms with van der Waals surface area (Å²) >= 11 is 0. The number of carbonyl (C=O) groups is 1. The molecular formula is C16H13NO3. The number of fused-ring (bicyclic) bond motifs is 1. The fourth-order valence-corrected chi connectivity index (χ4v) is 2.49. The average Bonchev–Trinajstić information content (AvgIpc) is 2.72.